The van der Waals surface area contributed by atoms with E-state index in [1.54, 1.807) is 6.07 Å². The summed E-state index contributed by atoms with van der Waals surface area (Å²) in [6.45, 7) is 0. The molecule has 0 spiro atoms. The lowest BCUT2D eigenvalue weighted by Gasteiger charge is -2.06. The fraction of sp³-hybridized carbons (Fsp3) is 0.200. The minimum Gasteiger partial charge on any atom is -0.296 e. The Morgan fingerprint density at radius 2 is 2.04 bits per heavy atom. The molecule has 1 N–H and O–H groups in total. The van der Waals surface area contributed by atoms with E-state index in [-0.39, 0.29) is 5.82 Å². The van der Waals surface area contributed by atoms with Gasteiger partial charge in [-0.15, -0.1) is 11.8 Å². The Bertz CT molecular complexity index is 920. The first-order valence-corrected chi connectivity index (χ1v) is 8.30. The lowest BCUT2D eigenvalue weighted by atomic mass is 10.1. The van der Waals surface area contributed by atoms with Gasteiger partial charge in [0.2, 0.25) is 5.82 Å². The molecule has 1 aliphatic carbocycles. The smallest absolute Gasteiger partial charge is 0.296 e. The van der Waals surface area contributed by atoms with Crippen molar-refractivity contribution in [1.29, 1.82) is 0 Å². The van der Waals surface area contributed by atoms with Crippen LogP contribution >= 0.6 is 23.4 Å². The van der Waals surface area contributed by atoms with E-state index in [4.69, 9.17) is 11.6 Å². The number of aromatic amines is 1. The summed E-state index contributed by atoms with van der Waals surface area (Å²) in [7, 11) is 0. The van der Waals surface area contributed by atoms with Crippen LogP contribution in [-0.2, 0) is 0 Å². The molecule has 116 valence electrons. The lowest BCUT2D eigenvalue weighted by Crippen LogP contribution is -1.96. The van der Waals surface area contributed by atoms with Crippen molar-refractivity contribution in [3.05, 3.63) is 46.2 Å². The molecule has 1 saturated carbocycles. The van der Waals surface area contributed by atoms with Crippen molar-refractivity contribution in [2.75, 3.05) is 0 Å². The molecule has 2 heterocycles. The Hall–Kier alpha value is -2.12. The van der Waals surface area contributed by atoms with E-state index in [2.05, 4.69) is 24.6 Å². The number of rotatable bonds is 4. The maximum absolute atomic E-state index is 11.0. The number of hydrogen-bond donors (Lipinski definition) is 1. The third-order valence-electron chi connectivity index (χ3n) is 3.40. The first-order chi connectivity index (χ1) is 11.2. The number of benzene rings is 1. The predicted molar refractivity (Wildman–Crippen MR) is 87.5 cm³/mol. The predicted octanol–water partition coefficient (Wildman–Crippen LogP) is 3.39. The Balaban J connectivity index is 1.67. The fourth-order valence-electron chi connectivity index (χ4n) is 2.11. The molecule has 0 atom stereocenters. The van der Waals surface area contributed by atoms with E-state index in [0.29, 0.717) is 16.6 Å². The van der Waals surface area contributed by atoms with Crippen LogP contribution in [0.1, 0.15) is 12.8 Å². The Morgan fingerprint density at radius 3 is 2.74 bits per heavy atom. The van der Waals surface area contributed by atoms with Gasteiger partial charge in [-0.2, -0.15) is 0 Å². The van der Waals surface area contributed by atoms with Crippen molar-refractivity contribution < 1.29 is 4.52 Å². The zero-order valence-electron chi connectivity index (χ0n) is 11.8. The first kappa shape index (κ1) is 14.5. The molecular weight excluding hydrogens is 336 g/mol. The molecule has 0 aliphatic heterocycles. The monoisotopic (exact) mass is 346 g/mol. The summed E-state index contributed by atoms with van der Waals surface area (Å²) in [5, 5.41) is 5.05. The molecule has 2 aromatic heterocycles. The number of halogens is 1. The molecule has 0 saturated heterocycles. The Labute approximate surface area is 140 Å². The van der Waals surface area contributed by atoms with Crippen molar-refractivity contribution in [2.24, 2.45) is 0 Å². The highest BCUT2D eigenvalue weighted by molar-refractivity contribution is 8.00. The standard InChI is InChI=1S/C15H11ClN4O2S/c16-10-5-8(1-4-13(10)23-9-2-3-9)11-6-12(18-7-17-11)14-19-15(21)22-20-14/h1,4-7,9H,2-3H2,(H,19,20,21). The summed E-state index contributed by atoms with van der Waals surface area (Å²) in [5.41, 5.74) is 2.06. The van der Waals surface area contributed by atoms with Crippen LogP contribution in [0.5, 0.6) is 0 Å². The van der Waals surface area contributed by atoms with Gasteiger partial charge in [0, 0.05) is 15.7 Å². The highest BCUT2D eigenvalue weighted by Gasteiger charge is 2.23. The lowest BCUT2D eigenvalue weighted by molar-refractivity contribution is 0.387. The first-order valence-electron chi connectivity index (χ1n) is 7.04. The molecule has 1 aliphatic rings. The second kappa shape index (κ2) is 5.82. The van der Waals surface area contributed by atoms with Gasteiger partial charge >= 0.3 is 5.76 Å². The number of aromatic nitrogens is 4. The van der Waals surface area contributed by atoms with Gasteiger partial charge in [0.1, 0.15) is 12.0 Å². The van der Waals surface area contributed by atoms with Crippen molar-refractivity contribution in [3.63, 3.8) is 0 Å². The van der Waals surface area contributed by atoms with Crippen LogP contribution in [0.4, 0.5) is 0 Å². The molecule has 23 heavy (non-hydrogen) atoms. The molecule has 1 fully saturated rings. The second-order valence-electron chi connectivity index (χ2n) is 5.19. The van der Waals surface area contributed by atoms with E-state index >= 15 is 0 Å². The van der Waals surface area contributed by atoms with Gasteiger partial charge in [0.15, 0.2) is 0 Å². The summed E-state index contributed by atoms with van der Waals surface area (Å²) in [5.74, 6) is -0.352. The molecule has 4 rings (SSSR count). The van der Waals surface area contributed by atoms with E-state index in [0.717, 1.165) is 15.5 Å². The molecule has 8 heteroatoms. The summed E-state index contributed by atoms with van der Waals surface area (Å²) in [4.78, 5) is 23.0. The average Bonchev–Trinajstić information content (AvgIpc) is 3.28. The minimum absolute atomic E-state index is 0.269. The summed E-state index contributed by atoms with van der Waals surface area (Å²) < 4.78 is 4.50. The number of nitrogens with zero attached hydrogens (tertiary/aromatic N) is 3. The van der Waals surface area contributed by atoms with Crippen molar-refractivity contribution in [2.45, 2.75) is 23.0 Å². The molecule has 0 bridgehead atoms. The minimum atomic E-state index is -0.621. The van der Waals surface area contributed by atoms with Crippen LogP contribution in [0.15, 0.2) is 44.8 Å². The van der Waals surface area contributed by atoms with E-state index in [1.807, 2.05) is 30.0 Å². The SMILES string of the molecule is O=c1[nH]c(-c2cc(-c3ccc(SC4CC4)c(Cl)c3)ncn2)no1. The van der Waals surface area contributed by atoms with Crippen LogP contribution < -0.4 is 5.76 Å². The van der Waals surface area contributed by atoms with Crippen LogP contribution in [0.25, 0.3) is 22.8 Å². The van der Waals surface area contributed by atoms with Crippen molar-refractivity contribution in [3.8, 4) is 22.8 Å². The highest BCUT2D eigenvalue weighted by atomic mass is 35.5. The normalized spacial score (nSPS) is 14.1. The van der Waals surface area contributed by atoms with Crippen LogP contribution in [0.2, 0.25) is 5.02 Å². The van der Waals surface area contributed by atoms with Crippen LogP contribution in [0.3, 0.4) is 0 Å². The number of thioether (sulfide) groups is 1. The van der Waals surface area contributed by atoms with Crippen LogP contribution in [0, 0.1) is 0 Å². The summed E-state index contributed by atoms with van der Waals surface area (Å²) in [6.07, 6.45) is 3.93. The molecular formula is C15H11ClN4O2S. The largest absolute Gasteiger partial charge is 0.439 e. The molecule has 0 amide bonds. The van der Waals surface area contributed by atoms with Crippen molar-refractivity contribution >= 4 is 23.4 Å². The van der Waals surface area contributed by atoms with Gasteiger partial charge < -0.3 is 0 Å². The zero-order chi connectivity index (χ0) is 15.8. The maximum Gasteiger partial charge on any atom is 0.439 e. The van der Waals surface area contributed by atoms with Gasteiger partial charge in [-0.05, 0) is 31.0 Å². The fourth-order valence-corrected chi connectivity index (χ4v) is 3.47. The Morgan fingerprint density at radius 1 is 1.22 bits per heavy atom. The summed E-state index contributed by atoms with van der Waals surface area (Å²) in [6, 6.07) is 7.62. The van der Waals surface area contributed by atoms with Crippen LogP contribution in [-0.4, -0.2) is 25.4 Å². The number of nitrogens with one attached hydrogen (secondary N) is 1. The van der Waals surface area contributed by atoms with Gasteiger partial charge in [-0.1, -0.05) is 22.8 Å². The molecule has 6 nitrogen and oxygen atoms in total. The topological polar surface area (TPSA) is 84.7 Å². The van der Waals surface area contributed by atoms with Gasteiger partial charge in [-0.3, -0.25) is 9.51 Å². The van der Waals surface area contributed by atoms with Gasteiger partial charge in [-0.25, -0.2) is 14.8 Å². The number of H-pyrrole nitrogens is 1. The molecule has 0 radical (unpaired) electrons. The zero-order valence-corrected chi connectivity index (χ0v) is 13.4. The van der Waals surface area contributed by atoms with Crippen molar-refractivity contribution in [1.82, 2.24) is 20.1 Å². The third kappa shape index (κ3) is 3.16. The van der Waals surface area contributed by atoms with E-state index in [9.17, 15) is 4.79 Å². The molecule has 0 unspecified atom stereocenters. The molecule has 1 aromatic carbocycles. The van der Waals surface area contributed by atoms with E-state index < -0.39 is 5.76 Å². The summed E-state index contributed by atoms with van der Waals surface area (Å²) >= 11 is 8.19. The number of hydrogen-bond acceptors (Lipinski definition) is 6. The Kier molecular flexibility index (Phi) is 3.66. The van der Waals surface area contributed by atoms with E-state index in [1.165, 1.54) is 19.2 Å². The molecule has 3 aromatic rings. The van der Waals surface area contributed by atoms with Gasteiger partial charge in [0.05, 0.1) is 10.7 Å². The average molecular weight is 347 g/mol. The third-order valence-corrected chi connectivity index (χ3v) is 5.24. The second-order valence-corrected chi connectivity index (χ2v) is 6.94. The quantitative estimate of drug-likeness (QED) is 0.779. The maximum atomic E-state index is 11.0. The van der Waals surface area contributed by atoms with Gasteiger partial charge in [0.25, 0.3) is 0 Å². The highest BCUT2D eigenvalue weighted by Crippen LogP contribution is 2.42.